The number of nitrogens with zero attached hydrogens (tertiary/aromatic N) is 1. The number of aryl methyl sites for hydroxylation is 2. The van der Waals surface area contributed by atoms with Gasteiger partial charge in [0.25, 0.3) is 5.91 Å². The van der Waals surface area contributed by atoms with E-state index in [1.165, 1.54) is 6.07 Å². The van der Waals surface area contributed by atoms with E-state index in [2.05, 4.69) is 11.4 Å². The van der Waals surface area contributed by atoms with Gasteiger partial charge in [-0.15, -0.1) is 0 Å². The number of carbonyl (C=O) groups is 1. The Hall–Kier alpha value is -3.28. The van der Waals surface area contributed by atoms with Gasteiger partial charge >= 0.3 is 5.63 Å². The van der Waals surface area contributed by atoms with Crippen molar-refractivity contribution >= 4 is 22.6 Å². The maximum Gasteiger partial charge on any atom is 0.338 e. The van der Waals surface area contributed by atoms with E-state index < -0.39 is 0 Å². The Labute approximate surface area is 170 Å². The zero-order valence-electron chi connectivity index (χ0n) is 17.0. The Balaban J connectivity index is 1.47. The fraction of sp³-hybridized carbons (Fsp3) is 0.304. The molecule has 0 saturated carbocycles. The molecular formula is C23H26N2O4. The summed E-state index contributed by atoms with van der Waals surface area (Å²) in [4.78, 5) is 25.6. The van der Waals surface area contributed by atoms with Crippen molar-refractivity contribution in [3.8, 4) is 5.75 Å². The lowest BCUT2D eigenvalue weighted by Gasteiger charge is -2.18. The third-order valence-corrected chi connectivity index (χ3v) is 4.62. The maximum absolute atomic E-state index is 12.3. The van der Waals surface area contributed by atoms with E-state index >= 15 is 0 Å². The summed E-state index contributed by atoms with van der Waals surface area (Å²) < 4.78 is 10.8. The van der Waals surface area contributed by atoms with Gasteiger partial charge in [-0.3, -0.25) is 4.79 Å². The first-order valence-electron chi connectivity index (χ1n) is 9.64. The second-order valence-electron chi connectivity index (χ2n) is 7.18. The molecule has 0 aliphatic carbocycles. The Bertz CT molecular complexity index is 1040. The molecule has 3 rings (SSSR count). The minimum atomic E-state index is -0.387. The Morgan fingerprint density at radius 2 is 1.83 bits per heavy atom. The highest BCUT2D eigenvalue weighted by Gasteiger charge is 2.10. The van der Waals surface area contributed by atoms with Crippen molar-refractivity contribution in [2.24, 2.45) is 0 Å². The summed E-state index contributed by atoms with van der Waals surface area (Å²) in [6.07, 6.45) is 0.736. The summed E-state index contributed by atoms with van der Waals surface area (Å²) >= 11 is 0. The summed E-state index contributed by atoms with van der Waals surface area (Å²) in [6.45, 7) is 5.23. The number of nitrogens with one attached hydrogen (secondary N) is 1. The Kier molecular flexibility index (Phi) is 6.54. The lowest BCUT2D eigenvalue weighted by atomic mass is 10.1. The highest BCUT2D eigenvalue weighted by atomic mass is 16.5. The number of carbonyl (C=O) groups excluding carboxylic acids is 1. The van der Waals surface area contributed by atoms with Gasteiger partial charge < -0.3 is 19.4 Å². The molecule has 2 aromatic carbocycles. The van der Waals surface area contributed by atoms with Gasteiger partial charge in [-0.1, -0.05) is 18.2 Å². The Morgan fingerprint density at radius 3 is 2.59 bits per heavy atom. The number of benzene rings is 2. The highest BCUT2D eigenvalue weighted by molar-refractivity contribution is 5.89. The summed E-state index contributed by atoms with van der Waals surface area (Å²) in [5.41, 5.74) is 3.12. The third-order valence-electron chi connectivity index (χ3n) is 4.62. The van der Waals surface area contributed by atoms with Gasteiger partial charge in [-0.05, 0) is 55.7 Å². The molecule has 1 amide bonds. The smallest absolute Gasteiger partial charge is 0.338 e. The quantitative estimate of drug-likeness (QED) is 0.465. The molecule has 29 heavy (non-hydrogen) atoms. The van der Waals surface area contributed by atoms with Gasteiger partial charge in [0.05, 0.1) is 5.69 Å². The van der Waals surface area contributed by atoms with E-state index in [9.17, 15) is 9.59 Å². The van der Waals surface area contributed by atoms with Crippen LogP contribution in [0.4, 0.5) is 5.69 Å². The molecule has 152 valence electrons. The van der Waals surface area contributed by atoms with Crippen molar-refractivity contribution < 1.29 is 13.9 Å². The molecule has 0 bridgehead atoms. The third kappa shape index (κ3) is 5.60. The topological polar surface area (TPSA) is 71.8 Å². The van der Waals surface area contributed by atoms with Crippen LogP contribution < -0.4 is 15.7 Å². The molecule has 0 saturated heterocycles. The number of ether oxygens (including phenoxy) is 1. The van der Waals surface area contributed by atoms with Crippen LogP contribution in [0.15, 0.2) is 57.7 Å². The van der Waals surface area contributed by atoms with Crippen LogP contribution in [0.2, 0.25) is 0 Å². The first-order chi connectivity index (χ1) is 13.9. The normalized spacial score (nSPS) is 10.7. The number of fused-ring (bicyclic) bond motifs is 1. The SMILES string of the molecule is Cc1cc(C)cc(OCC(=O)N(C)CCCNc2cc(=O)oc3ccccc23)c1. The molecule has 0 aliphatic heterocycles. The van der Waals surface area contributed by atoms with Gasteiger partial charge in [0, 0.05) is 31.6 Å². The molecule has 0 spiro atoms. The van der Waals surface area contributed by atoms with Crippen LogP contribution in [-0.4, -0.2) is 37.6 Å². The van der Waals surface area contributed by atoms with Crippen LogP contribution >= 0.6 is 0 Å². The van der Waals surface area contributed by atoms with Gasteiger partial charge in [0.1, 0.15) is 11.3 Å². The van der Waals surface area contributed by atoms with Crippen LogP contribution in [-0.2, 0) is 4.79 Å². The lowest BCUT2D eigenvalue weighted by molar-refractivity contribution is -0.132. The van der Waals surface area contributed by atoms with Crippen molar-refractivity contribution in [2.75, 3.05) is 32.1 Å². The van der Waals surface area contributed by atoms with Gasteiger partial charge in [0.15, 0.2) is 6.61 Å². The number of amides is 1. The zero-order valence-corrected chi connectivity index (χ0v) is 17.0. The van der Waals surface area contributed by atoms with Crippen molar-refractivity contribution in [3.63, 3.8) is 0 Å². The van der Waals surface area contributed by atoms with E-state index in [4.69, 9.17) is 9.15 Å². The van der Waals surface area contributed by atoms with Crippen molar-refractivity contribution in [3.05, 3.63) is 70.1 Å². The maximum atomic E-state index is 12.3. The summed E-state index contributed by atoms with van der Waals surface area (Å²) in [7, 11) is 1.76. The second-order valence-corrected chi connectivity index (χ2v) is 7.18. The van der Waals surface area contributed by atoms with Gasteiger partial charge in [-0.2, -0.15) is 0 Å². The molecule has 3 aromatic rings. The van der Waals surface area contributed by atoms with Crippen molar-refractivity contribution in [2.45, 2.75) is 20.3 Å². The number of likely N-dealkylation sites (N-methyl/N-ethyl adjacent to an activating group) is 1. The van der Waals surface area contributed by atoms with E-state index in [1.54, 1.807) is 18.0 Å². The standard InChI is InChI=1S/C23H26N2O4/c1-16-11-17(2)13-18(12-16)28-15-22(26)25(3)10-6-9-24-20-14-23(27)29-21-8-5-4-7-19(20)21/h4-5,7-8,11-14,24H,6,9-10,15H2,1-3H3. The Morgan fingerprint density at radius 1 is 1.10 bits per heavy atom. The average molecular weight is 394 g/mol. The predicted octanol–water partition coefficient (Wildman–Crippen LogP) is 3.75. The van der Waals surface area contributed by atoms with Gasteiger partial charge in [-0.25, -0.2) is 4.79 Å². The molecule has 1 aromatic heterocycles. The van der Waals surface area contributed by atoms with Crippen LogP contribution in [0.3, 0.4) is 0 Å². The number of anilines is 1. The molecule has 0 unspecified atom stereocenters. The van der Waals surface area contributed by atoms with E-state index in [0.717, 1.165) is 28.6 Å². The molecule has 0 aliphatic rings. The first kappa shape index (κ1) is 20.5. The molecule has 0 radical (unpaired) electrons. The summed E-state index contributed by atoms with van der Waals surface area (Å²) in [5, 5.41) is 4.12. The van der Waals surface area contributed by atoms with Crippen LogP contribution in [0.25, 0.3) is 11.0 Å². The number of para-hydroxylation sites is 1. The van der Waals surface area contributed by atoms with E-state index in [-0.39, 0.29) is 18.1 Å². The molecule has 1 N–H and O–H groups in total. The van der Waals surface area contributed by atoms with Gasteiger partial charge in [0.2, 0.25) is 0 Å². The van der Waals surface area contributed by atoms with Crippen molar-refractivity contribution in [1.29, 1.82) is 0 Å². The first-order valence-corrected chi connectivity index (χ1v) is 9.64. The fourth-order valence-electron chi connectivity index (χ4n) is 3.19. The summed E-state index contributed by atoms with van der Waals surface area (Å²) in [5.74, 6) is 0.635. The highest BCUT2D eigenvalue weighted by Crippen LogP contribution is 2.21. The molecule has 0 fully saturated rings. The predicted molar refractivity (Wildman–Crippen MR) is 115 cm³/mol. The van der Waals surface area contributed by atoms with E-state index in [1.807, 2.05) is 44.2 Å². The zero-order chi connectivity index (χ0) is 20.8. The average Bonchev–Trinajstić information content (AvgIpc) is 2.68. The van der Waals surface area contributed by atoms with E-state index in [0.29, 0.717) is 24.4 Å². The fourth-order valence-corrected chi connectivity index (χ4v) is 3.19. The molecule has 6 heteroatoms. The minimum absolute atomic E-state index is 0.0111. The van der Waals surface area contributed by atoms with Crippen molar-refractivity contribution in [1.82, 2.24) is 4.90 Å². The minimum Gasteiger partial charge on any atom is -0.484 e. The monoisotopic (exact) mass is 394 g/mol. The van der Waals surface area contributed by atoms with Crippen LogP contribution in [0.5, 0.6) is 5.75 Å². The largest absolute Gasteiger partial charge is 0.484 e. The lowest BCUT2D eigenvalue weighted by Crippen LogP contribution is -2.33. The summed E-state index contributed by atoms with van der Waals surface area (Å²) in [6, 6.07) is 14.8. The number of hydrogen-bond donors (Lipinski definition) is 1. The second kappa shape index (κ2) is 9.28. The molecule has 6 nitrogen and oxygen atoms in total. The molecule has 0 atom stereocenters. The molecule has 1 heterocycles. The van der Waals surface area contributed by atoms with Crippen LogP contribution in [0, 0.1) is 13.8 Å². The molecular weight excluding hydrogens is 368 g/mol. The number of rotatable bonds is 8. The van der Waals surface area contributed by atoms with Crippen LogP contribution in [0.1, 0.15) is 17.5 Å². The number of hydrogen-bond acceptors (Lipinski definition) is 5.